The molecule has 2 amide bonds. The van der Waals surface area contributed by atoms with Gasteiger partial charge in [-0.2, -0.15) is 5.26 Å². The highest BCUT2D eigenvalue weighted by molar-refractivity contribution is 7.99. The maximum Gasteiger partial charge on any atom is 0.319 e. The fourth-order valence-electron chi connectivity index (χ4n) is 2.15. The van der Waals surface area contributed by atoms with Gasteiger partial charge in [-0.15, -0.1) is 11.8 Å². The van der Waals surface area contributed by atoms with Gasteiger partial charge in [0.1, 0.15) is 0 Å². The van der Waals surface area contributed by atoms with Crippen molar-refractivity contribution >= 4 is 46.7 Å². The number of benzene rings is 2. The van der Waals surface area contributed by atoms with Crippen molar-refractivity contribution in [3.05, 3.63) is 58.1 Å². The predicted molar refractivity (Wildman–Crippen MR) is 109 cm³/mol. The molecule has 0 aliphatic carbocycles. The average molecular weight is 408 g/mol. The summed E-state index contributed by atoms with van der Waals surface area (Å²) in [7, 11) is 0. The molecule has 0 aliphatic heterocycles. The third kappa shape index (κ3) is 6.45. The van der Waals surface area contributed by atoms with E-state index < -0.39 is 0 Å². The Hall–Kier alpha value is -1.87. The molecule has 26 heavy (non-hydrogen) atoms. The molecule has 136 valence electrons. The van der Waals surface area contributed by atoms with E-state index in [4.69, 9.17) is 28.5 Å². The maximum absolute atomic E-state index is 12.2. The minimum atomic E-state index is -0.281. The Morgan fingerprint density at radius 2 is 2.04 bits per heavy atom. The van der Waals surface area contributed by atoms with Crippen LogP contribution in [0.2, 0.25) is 10.0 Å². The van der Waals surface area contributed by atoms with E-state index in [9.17, 15) is 4.79 Å². The third-order valence-corrected chi connectivity index (χ3v) is 5.46. The first-order valence-electron chi connectivity index (χ1n) is 8.10. The lowest BCUT2D eigenvalue weighted by atomic mass is 10.1. The lowest BCUT2D eigenvalue weighted by molar-refractivity contribution is 0.252. The Balaban J connectivity index is 1.87. The van der Waals surface area contributed by atoms with Gasteiger partial charge in [-0.1, -0.05) is 41.4 Å². The van der Waals surface area contributed by atoms with Gasteiger partial charge < -0.3 is 10.6 Å². The summed E-state index contributed by atoms with van der Waals surface area (Å²) in [6.07, 6.45) is 0.611. The van der Waals surface area contributed by atoms with Crippen LogP contribution in [0.15, 0.2) is 47.4 Å². The molecule has 0 aromatic heterocycles. The molecule has 0 heterocycles. The molecule has 0 aliphatic rings. The van der Waals surface area contributed by atoms with Crippen LogP contribution in [0, 0.1) is 17.2 Å². The number of nitriles is 1. The zero-order valence-corrected chi connectivity index (χ0v) is 16.6. The van der Waals surface area contributed by atoms with Crippen LogP contribution in [0.3, 0.4) is 0 Å². The average Bonchev–Trinajstić information content (AvgIpc) is 2.62. The van der Waals surface area contributed by atoms with Crippen molar-refractivity contribution in [3.63, 3.8) is 0 Å². The monoisotopic (exact) mass is 407 g/mol. The van der Waals surface area contributed by atoms with Gasteiger partial charge in [0, 0.05) is 27.2 Å². The summed E-state index contributed by atoms with van der Waals surface area (Å²) in [5.74, 6) is 0.623. The molecule has 2 aromatic rings. The van der Waals surface area contributed by atoms with Crippen molar-refractivity contribution in [2.45, 2.75) is 18.2 Å². The molecule has 1 atom stereocenters. The summed E-state index contributed by atoms with van der Waals surface area (Å²) < 4.78 is 0. The van der Waals surface area contributed by atoms with Crippen LogP contribution in [0.25, 0.3) is 0 Å². The minimum Gasteiger partial charge on any atom is -0.338 e. The number of amides is 2. The second kappa shape index (κ2) is 10.3. The van der Waals surface area contributed by atoms with E-state index in [2.05, 4.69) is 16.7 Å². The van der Waals surface area contributed by atoms with Gasteiger partial charge >= 0.3 is 6.03 Å². The molecule has 0 saturated carbocycles. The molecule has 0 fully saturated rings. The number of halogens is 2. The fourth-order valence-corrected chi connectivity index (χ4v) is 3.61. The fraction of sp³-hybridized carbons (Fsp3) is 0.263. The molecule has 0 radical (unpaired) electrons. The third-order valence-electron chi connectivity index (χ3n) is 3.54. The van der Waals surface area contributed by atoms with E-state index in [1.54, 1.807) is 23.9 Å². The van der Waals surface area contributed by atoms with Gasteiger partial charge in [0.15, 0.2) is 0 Å². The number of urea groups is 1. The van der Waals surface area contributed by atoms with Crippen LogP contribution in [0.1, 0.15) is 12.5 Å². The van der Waals surface area contributed by atoms with Crippen LogP contribution in [0.5, 0.6) is 0 Å². The SMILES string of the molecule is CC(C#N)CSc1ccccc1NC(=O)NCCc1ccc(Cl)cc1Cl. The number of hydrogen-bond donors (Lipinski definition) is 2. The number of anilines is 1. The van der Waals surface area contributed by atoms with E-state index in [0.29, 0.717) is 28.8 Å². The quantitative estimate of drug-likeness (QED) is 0.586. The highest BCUT2D eigenvalue weighted by atomic mass is 35.5. The highest BCUT2D eigenvalue weighted by Gasteiger charge is 2.09. The van der Waals surface area contributed by atoms with Crippen molar-refractivity contribution < 1.29 is 4.79 Å². The molecule has 2 N–H and O–H groups in total. The van der Waals surface area contributed by atoms with Gasteiger partial charge in [-0.05, 0) is 43.2 Å². The summed E-state index contributed by atoms with van der Waals surface area (Å²) in [5, 5.41) is 15.7. The molecule has 2 aromatic carbocycles. The van der Waals surface area contributed by atoms with E-state index in [-0.39, 0.29) is 11.9 Å². The highest BCUT2D eigenvalue weighted by Crippen LogP contribution is 2.28. The lowest BCUT2D eigenvalue weighted by Gasteiger charge is -2.12. The van der Waals surface area contributed by atoms with Crippen molar-refractivity contribution in [1.82, 2.24) is 5.32 Å². The first-order valence-corrected chi connectivity index (χ1v) is 9.84. The molecule has 0 spiro atoms. The molecule has 4 nitrogen and oxygen atoms in total. The van der Waals surface area contributed by atoms with E-state index in [0.717, 1.165) is 16.1 Å². The smallest absolute Gasteiger partial charge is 0.319 e. The van der Waals surface area contributed by atoms with Crippen LogP contribution in [0.4, 0.5) is 10.5 Å². The maximum atomic E-state index is 12.2. The van der Waals surface area contributed by atoms with Crippen molar-refractivity contribution in [1.29, 1.82) is 5.26 Å². The minimum absolute atomic E-state index is 0.0500. The molecule has 1 unspecified atom stereocenters. The Bertz CT molecular complexity index is 808. The van der Waals surface area contributed by atoms with E-state index >= 15 is 0 Å². The topological polar surface area (TPSA) is 64.9 Å². The van der Waals surface area contributed by atoms with E-state index in [1.165, 1.54) is 0 Å². The Labute approximate surface area is 167 Å². The second-order valence-corrected chi connectivity index (χ2v) is 7.61. The number of thioether (sulfide) groups is 1. The lowest BCUT2D eigenvalue weighted by Crippen LogP contribution is -2.30. The predicted octanol–water partition coefficient (Wildman–Crippen LogP) is 5.61. The van der Waals surface area contributed by atoms with E-state index in [1.807, 2.05) is 37.3 Å². The summed E-state index contributed by atoms with van der Waals surface area (Å²) >= 11 is 13.6. The Kier molecular flexibility index (Phi) is 8.11. The van der Waals surface area contributed by atoms with Gasteiger partial charge in [0.25, 0.3) is 0 Å². The molecular weight excluding hydrogens is 389 g/mol. The zero-order valence-electron chi connectivity index (χ0n) is 14.3. The number of nitrogens with one attached hydrogen (secondary N) is 2. The molecule has 0 saturated heterocycles. The largest absolute Gasteiger partial charge is 0.338 e. The zero-order chi connectivity index (χ0) is 18.9. The number of hydrogen-bond acceptors (Lipinski definition) is 3. The number of carbonyl (C=O) groups is 1. The molecule has 0 bridgehead atoms. The van der Waals surface area contributed by atoms with Gasteiger partial charge in [-0.25, -0.2) is 4.79 Å². The first kappa shape index (κ1) is 20.4. The van der Waals surface area contributed by atoms with Crippen LogP contribution >= 0.6 is 35.0 Å². The molecular formula is C19H19Cl2N3OS. The van der Waals surface area contributed by atoms with Crippen LogP contribution in [-0.4, -0.2) is 18.3 Å². The summed E-state index contributed by atoms with van der Waals surface area (Å²) in [6.45, 7) is 2.33. The Morgan fingerprint density at radius 3 is 2.77 bits per heavy atom. The normalized spacial score (nSPS) is 11.5. The second-order valence-electron chi connectivity index (χ2n) is 5.70. The van der Waals surface area contributed by atoms with Gasteiger partial charge in [0.05, 0.1) is 17.7 Å². The van der Waals surface area contributed by atoms with Gasteiger partial charge in [-0.3, -0.25) is 0 Å². The number of rotatable bonds is 7. The van der Waals surface area contributed by atoms with Crippen molar-refractivity contribution in [2.24, 2.45) is 5.92 Å². The summed E-state index contributed by atoms with van der Waals surface area (Å²) in [5.41, 5.74) is 1.66. The van der Waals surface area contributed by atoms with Crippen molar-refractivity contribution in [3.8, 4) is 6.07 Å². The van der Waals surface area contributed by atoms with Crippen LogP contribution < -0.4 is 10.6 Å². The number of para-hydroxylation sites is 1. The van der Waals surface area contributed by atoms with Gasteiger partial charge in [0.2, 0.25) is 0 Å². The summed E-state index contributed by atoms with van der Waals surface area (Å²) in [4.78, 5) is 13.1. The molecule has 7 heteroatoms. The first-order chi connectivity index (χ1) is 12.5. The number of carbonyl (C=O) groups excluding carboxylic acids is 1. The van der Waals surface area contributed by atoms with Crippen LogP contribution in [-0.2, 0) is 6.42 Å². The van der Waals surface area contributed by atoms with Crippen molar-refractivity contribution in [2.75, 3.05) is 17.6 Å². The Morgan fingerprint density at radius 1 is 1.27 bits per heavy atom. The standard InChI is InChI=1S/C19H19Cl2N3OS/c1-13(11-22)12-26-18-5-3-2-4-17(18)24-19(25)23-9-8-14-6-7-15(20)10-16(14)21/h2-7,10,13H,8-9,12H2,1H3,(H2,23,24,25). The molecule has 2 rings (SSSR count). The summed E-state index contributed by atoms with van der Waals surface area (Å²) in [6, 6.07) is 14.8. The number of nitrogens with zero attached hydrogens (tertiary/aromatic N) is 1.